The Labute approximate surface area is 110 Å². The Morgan fingerprint density at radius 2 is 2.18 bits per heavy atom. The summed E-state index contributed by atoms with van der Waals surface area (Å²) in [7, 11) is -2.89. The highest BCUT2D eigenvalue weighted by molar-refractivity contribution is 9.10. The van der Waals surface area contributed by atoms with Crippen molar-refractivity contribution in [1.29, 1.82) is 0 Å². The topological polar surface area (TPSA) is 60.2 Å². The van der Waals surface area contributed by atoms with Gasteiger partial charge in [-0.1, -0.05) is 28.1 Å². The van der Waals surface area contributed by atoms with Crippen LogP contribution >= 0.6 is 15.9 Å². The molecular formula is C12H16BrNO2S. The minimum absolute atomic E-state index is 0.225. The van der Waals surface area contributed by atoms with Gasteiger partial charge in [0.2, 0.25) is 0 Å². The van der Waals surface area contributed by atoms with E-state index in [9.17, 15) is 8.42 Å². The minimum Gasteiger partial charge on any atom is -0.330 e. The Morgan fingerprint density at radius 1 is 1.41 bits per heavy atom. The first-order valence-corrected chi connectivity index (χ1v) is 8.21. The Hall–Kier alpha value is -0.390. The molecule has 17 heavy (non-hydrogen) atoms. The molecule has 1 aromatic rings. The van der Waals surface area contributed by atoms with Crippen molar-refractivity contribution in [3.63, 3.8) is 0 Å². The fourth-order valence-electron chi connectivity index (χ4n) is 2.44. The van der Waals surface area contributed by atoms with Crippen molar-refractivity contribution in [1.82, 2.24) is 0 Å². The Kier molecular flexibility index (Phi) is 3.61. The van der Waals surface area contributed by atoms with E-state index in [0.29, 0.717) is 13.0 Å². The summed E-state index contributed by atoms with van der Waals surface area (Å²) < 4.78 is 24.2. The predicted octanol–water partition coefficient (Wildman–Crippen LogP) is 1.76. The summed E-state index contributed by atoms with van der Waals surface area (Å²) in [5, 5.41) is 0. The summed E-state index contributed by atoms with van der Waals surface area (Å²) >= 11 is 3.42. The van der Waals surface area contributed by atoms with Crippen LogP contribution in [0.15, 0.2) is 28.7 Å². The fourth-order valence-corrected chi connectivity index (χ4v) is 5.07. The smallest absolute Gasteiger partial charge is 0.150 e. The van der Waals surface area contributed by atoms with Gasteiger partial charge in [-0.3, -0.25) is 0 Å². The maximum atomic E-state index is 11.6. The molecule has 1 fully saturated rings. The number of rotatable bonds is 3. The highest BCUT2D eigenvalue weighted by atomic mass is 79.9. The lowest BCUT2D eigenvalue weighted by Gasteiger charge is -2.25. The molecule has 1 aliphatic rings. The first kappa shape index (κ1) is 13.1. The molecule has 5 heteroatoms. The summed E-state index contributed by atoms with van der Waals surface area (Å²) in [6.07, 6.45) is 1.42. The Balaban J connectivity index is 2.22. The lowest BCUT2D eigenvalue weighted by atomic mass is 9.81. The number of halogens is 1. The van der Waals surface area contributed by atoms with Crippen LogP contribution in [0.5, 0.6) is 0 Å². The van der Waals surface area contributed by atoms with Gasteiger partial charge in [-0.2, -0.15) is 0 Å². The molecular weight excluding hydrogens is 302 g/mol. The summed E-state index contributed by atoms with van der Waals surface area (Å²) in [5.41, 5.74) is 6.68. The van der Waals surface area contributed by atoms with Crippen molar-refractivity contribution in [2.24, 2.45) is 11.1 Å². The third-order valence-electron chi connectivity index (χ3n) is 3.37. The van der Waals surface area contributed by atoms with Gasteiger partial charge in [0.15, 0.2) is 9.84 Å². The van der Waals surface area contributed by atoms with Crippen LogP contribution in [0.1, 0.15) is 12.0 Å². The average Bonchev–Trinajstić information content (AvgIpc) is 2.55. The zero-order valence-corrected chi connectivity index (χ0v) is 11.9. The molecule has 0 radical (unpaired) electrons. The van der Waals surface area contributed by atoms with E-state index in [2.05, 4.69) is 15.9 Å². The second-order valence-electron chi connectivity index (χ2n) is 4.85. The molecule has 1 unspecified atom stereocenters. The summed E-state index contributed by atoms with van der Waals surface area (Å²) in [5.74, 6) is 0.501. The summed E-state index contributed by atoms with van der Waals surface area (Å²) in [6.45, 7) is 0.429. The number of benzene rings is 1. The van der Waals surface area contributed by atoms with Gasteiger partial charge in [0.25, 0.3) is 0 Å². The van der Waals surface area contributed by atoms with E-state index in [1.807, 2.05) is 24.3 Å². The third kappa shape index (κ3) is 3.09. The maximum Gasteiger partial charge on any atom is 0.150 e. The van der Waals surface area contributed by atoms with Gasteiger partial charge in [-0.15, -0.1) is 0 Å². The molecule has 0 bridgehead atoms. The number of hydrogen-bond donors (Lipinski definition) is 1. The molecule has 0 spiro atoms. The molecule has 1 aliphatic heterocycles. The molecule has 1 atom stereocenters. The quantitative estimate of drug-likeness (QED) is 0.924. The lowest BCUT2D eigenvalue weighted by molar-refractivity contribution is 0.344. The van der Waals surface area contributed by atoms with Gasteiger partial charge in [-0.05, 0) is 37.1 Å². The minimum atomic E-state index is -2.89. The van der Waals surface area contributed by atoms with Gasteiger partial charge in [0.1, 0.15) is 0 Å². The SMILES string of the molecule is NCC1(Cc2cccc(Br)c2)CCS(=O)(=O)C1. The Morgan fingerprint density at radius 3 is 2.71 bits per heavy atom. The van der Waals surface area contributed by atoms with Gasteiger partial charge in [-0.25, -0.2) is 8.42 Å². The molecule has 0 saturated carbocycles. The second kappa shape index (κ2) is 4.71. The van der Waals surface area contributed by atoms with E-state index in [4.69, 9.17) is 5.73 Å². The zero-order chi connectivity index (χ0) is 12.5. The van der Waals surface area contributed by atoms with Crippen LogP contribution in [-0.4, -0.2) is 26.5 Å². The van der Waals surface area contributed by atoms with Crippen molar-refractivity contribution in [3.05, 3.63) is 34.3 Å². The molecule has 0 amide bonds. The second-order valence-corrected chi connectivity index (χ2v) is 7.95. The molecule has 3 nitrogen and oxygen atoms in total. The highest BCUT2D eigenvalue weighted by Crippen LogP contribution is 2.35. The normalized spacial score (nSPS) is 27.2. The standard InChI is InChI=1S/C12H16BrNO2S/c13-11-3-1-2-10(6-11)7-12(8-14)4-5-17(15,16)9-12/h1-3,6H,4-5,7-9,14H2. The van der Waals surface area contributed by atoms with Crippen molar-refractivity contribution < 1.29 is 8.42 Å². The molecule has 2 N–H and O–H groups in total. The lowest BCUT2D eigenvalue weighted by Crippen LogP contribution is -2.34. The van der Waals surface area contributed by atoms with E-state index >= 15 is 0 Å². The van der Waals surface area contributed by atoms with E-state index < -0.39 is 9.84 Å². The molecule has 1 heterocycles. The molecule has 1 saturated heterocycles. The molecule has 94 valence electrons. The Bertz CT molecular complexity index is 515. The van der Waals surface area contributed by atoms with Crippen molar-refractivity contribution in [2.75, 3.05) is 18.1 Å². The van der Waals surface area contributed by atoms with Gasteiger partial charge in [0, 0.05) is 9.89 Å². The molecule has 1 aromatic carbocycles. The van der Waals surface area contributed by atoms with Crippen molar-refractivity contribution >= 4 is 25.8 Å². The van der Waals surface area contributed by atoms with E-state index in [-0.39, 0.29) is 16.9 Å². The summed E-state index contributed by atoms with van der Waals surface area (Å²) in [4.78, 5) is 0. The van der Waals surface area contributed by atoms with Gasteiger partial charge < -0.3 is 5.73 Å². The van der Waals surface area contributed by atoms with Crippen LogP contribution in [0.2, 0.25) is 0 Å². The molecule has 0 aliphatic carbocycles. The maximum absolute atomic E-state index is 11.6. The first-order chi connectivity index (χ1) is 7.95. The highest BCUT2D eigenvalue weighted by Gasteiger charge is 2.41. The van der Waals surface area contributed by atoms with E-state index in [1.165, 1.54) is 0 Å². The number of hydrogen-bond acceptors (Lipinski definition) is 3. The largest absolute Gasteiger partial charge is 0.330 e. The number of nitrogens with two attached hydrogens (primary N) is 1. The summed E-state index contributed by atoms with van der Waals surface area (Å²) in [6, 6.07) is 7.98. The molecule has 0 aromatic heterocycles. The fraction of sp³-hybridized carbons (Fsp3) is 0.500. The monoisotopic (exact) mass is 317 g/mol. The van der Waals surface area contributed by atoms with Crippen LogP contribution in [0.4, 0.5) is 0 Å². The number of sulfone groups is 1. The van der Waals surface area contributed by atoms with Crippen molar-refractivity contribution in [2.45, 2.75) is 12.8 Å². The van der Waals surface area contributed by atoms with Gasteiger partial charge in [0.05, 0.1) is 11.5 Å². The van der Waals surface area contributed by atoms with E-state index in [0.717, 1.165) is 16.5 Å². The predicted molar refractivity (Wildman–Crippen MR) is 72.6 cm³/mol. The average molecular weight is 318 g/mol. The van der Waals surface area contributed by atoms with Crippen LogP contribution < -0.4 is 5.73 Å². The first-order valence-electron chi connectivity index (χ1n) is 5.60. The van der Waals surface area contributed by atoms with E-state index in [1.54, 1.807) is 0 Å². The van der Waals surface area contributed by atoms with Crippen LogP contribution in [0.25, 0.3) is 0 Å². The zero-order valence-electron chi connectivity index (χ0n) is 9.52. The third-order valence-corrected chi connectivity index (χ3v) is 5.74. The molecule has 2 rings (SSSR count). The van der Waals surface area contributed by atoms with Crippen molar-refractivity contribution in [3.8, 4) is 0 Å². The van der Waals surface area contributed by atoms with Crippen LogP contribution in [0, 0.1) is 5.41 Å². The van der Waals surface area contributed by atoms with Crippen LogP contribution in [0.3, 0.4) is 0 Å². The van der Waals surface area contributed by atoms with Crippen LogP contribution in [-0.2, 0) is 16.3 Å². The van der Waals surface area contributed by atoms with Gasteiger partial charge >= 0.3 is 0 Å².